The summed E-state index contributed by atoms with van der Waals surface area (Å²) in [6, 6.07) is 18.5. The molecule has 0 aromatic heterocycles. The van der Waals surface area contributed by atoms with E-state index in [9.17, 15) is 4.79 Å². The van der Waals surface area contributed by atoms with Crippen LogP contribution in [0, 0.1) is 0 Å². The molecule has 0 aliphatic heterocycles. The van der Waals surface area contributed by atoms with Gasteiger partial charge in [-0.2, -0.15) is 0 Å². The fourth-order valence-electron chi connectivity index (χ4n) is 1.78. The Morgan fingerprint density at radius 2 is 1.53 bits per heavy atom. The van der Waals surface area contributed by atoms with Crippen molar-refractivity contribution in [2.45, 2.75) is 6.54 Å². The van der Waals surface area contributed by atoms with Crippen molar-refractivity contribution in [3.63, 3.8) is 0 Å². The lowest BCUT2D eigenvalue weighted by atomic mass is 10.0. The normalized spacial score (nSPS) is 9.68. The number of nitrogens with two attached hydrogens (primary N) is 1. The summed E-state index contributed by atoms with van der Waals surface area (Å²) in [5.41, 5.74) is 8.58. The van der Waals surface area contributed by atoms with Crippen LogP contribution in [0.3, 0.4) is 0 Å². The molecule has 1 amide bonds. The van der Waals surface area contributed by atoms with E-state index in [0.717, 1.165) is 5.56 Å². The lowest BCUT2D eigenvalue weighted by Crippen LogP contribution is -2.28. The second-order valence-corrected chi connectivity index (χ2v) is 4.13. The topological polar surface area (TPSA) is 55.1 Å². The number of carbonyl (C=O) groups is 1. The highest BCUT2D eigenvalue weighted by Gasteiger charge is 1.98. The molecule has 0 spiro atoms. The van der Waals surface area contributed by atoms with Crippen LogP contribution in [-0.4, -0.2) is 12.5 Å². The zero-order chi connectivity index (χ0) is 12.8. The van der Waals surface area contributed by atoms with Gasteiger partial charge in [0.2, 0.25) is 5.91 Å². The Balaban J connectivity index is 0.00000180. The Morgan fingerprint density at radius 3 is 2.11 bits per heavy atom. The summed E-state index contributed by atoms with van der Waals surface area (Å²) in [7, 11) is 0. The summed E-state index contributed by atoms with van der Waals surface area (Å²) in [6.07, 6.45) is 0. The van der Waals surface area contributed by atoms with E-state index in [-0.39, 0.29) is 24.9 Å². The number of halogens is 1. The molecule has 19 heavy (non-hydrogen) atoms. The van der Waals surface area contributed by atoms with E-state index >= 15 is 0 Å². The van der Waals surface area contributed by atoms with E-state index in [1.165, 1.54) is 11.1 Å². The highest BCUT2D eigenvalue weighted by Crippen LogP contribution is 2.18. The highest BCUT2D eigenvalue weighted by atomic mass is 35.5. The van der Waals surface area contributed by atoms with Crippen LogP contribution in [0.2, 0.25) is 0 Å². The SMILES string of the molecule is Cl.NC(=O)CNCc1ccc(-c2ccccc2)cc1. The molecule has 0 saturated heterocycles. The third kappa shape index (κ3) is 4.73. The van der Waals surface area contributed by atoms with Crippen LogP contribution in [0.4, 0.5) is 0 Å². The molecule has 2 aromatic carbocycles. The maximum absolute atomic E-state index is 10.6. The van der Waals surface area contributed by atoms with Crippen LogP contribution >= 0.6 is 12.4 Å². The summed E-state index contributed by atoms with van der Waals surface area (Å²) >= 11 is 0. The molecule has 0 radical (unpaired) electrons. The van der Waals surface area contributed by atoms with Crippen LogP contribution < -0.4 is 11.1 Å². The van der Waals surface area contributed by atoms with Crippen molar-refractivity contribution in [1.82, 2.24) is 5.32 Å². The van der Waals surface area contributed by atoms with Gasteiger partial charge in [-0.05, 0) is 16.7 Å². The summed E-state index contributed by atoms with van der Waals surface area (Å²) in [4.78, 5) is 10.6. The van der Waals surface area contributed by atoms with Gasteiger partial charge >= 0.3 is 0 Å². The van der Waals surface area contributed by atoms with Crippen molar-refractivity contribution in [2.75, 3.05) is 6.54 Å². The third-order valence-electron chi connectivity index (χ3n) is 2.69. The average Bonchev–Trinajstić information content (AvgIpc) is 2.40. The molecule has 0 aliphatic carbocycles. The van der Waals surface area contributed by atoms with Crippen LogP contribution in [-0.2, 0) is 11.3 Å². The molecule has 0 saturated carbocycles. The van der Waals surface area contributed by atoms with Crippen LogP contribution in [0.1, 0.15) is 5.56 Å². The van der Waals surface area contributed by atoms with Gasteiger partial charge in [-0.15, -0.1) is 12.4 Å². The first-order chi connectivity index (χ1) is 8.75. The molecule has 0 aliphatic rings. The van der Waals surface area contributed by atoms with E-state index < -0.39 is 0 Å². The largest absolute Gasteiger partial charge is 0.369 e. The fourth-order valence-corrected chi connectivity index (χ4v) is 1.78. The number of nitrogens with one attached hydrogen (secondary N) is 1. The Morgan fingerprint density at radius 1 is 0.947 bits per heavy atom. The maximum Gasteiger partial charge on any atom is 0.231 e. The van der Waals surface area contributed by atoms with Gasteiger partial charge in [0, 0.05) is 6.54 Å². The Hall–Kier alpha value is -1.84. The van der Waals surface area contributed by atoms with E-state index in [4.69, 9.17) is 5.73 Å². The number of hydrogen-bond donors (Lipinski definition) is 2. The Bertz CT molecular complexity index is 511. The van der Waals surface area contributed by atoms with Crippen molar-refractivity contribution in [2.24, 2.45) is 5.73 Å². The minimum absolute atomic E-state index is 0. The first-order valence-corrected chi connectivity index (χ1v) is 5.89. The maximum atomic E-state index is 10.6. The van der Waals surface area contributed by atoms with E-state index in [2.05, 4.69) is 41.7 Å². The molecule has 0 fully saturated rings. The molecule has 100 valence electrons. The van der Waals surface area contributed by atoms with Gasteiger partial charge < -0.3 is 11.1 Å². The monoisotopic (exact) mass is 276 g/mol. The third-order valence-corrected chi connectivity index (χ3v) is 2.69. The van der Waals surface area contributed by atoms with Gasteiger partial charge in [0.25, 0.3) is 0 Å². The molecule has 2 aromatic rings. The van der Waals surface area contributed by atoms with E-state index in [1.54, 1.807) is 0 Å². The summed E-state index contributed by atoms with van der Waals surface area (Å²) < 4.78 is 0. The second-order valence-electron chi connectivity index (χ2n) is 4.13. The number of benzene rings is 2. The standard InChI is InChI=1S/C15H16N2O.ClH/c16-15(18)11-17-10-12-6-8-14(9-7-12)13-4-2-1-3-5-13;/h1-9,17H,10-11H2,(H2,16,18);1H. The van der Waals surface area contributed by atoms with Gasteiger partial charge in [-0.3, -0.25) is 4.79 Å². The number of hydrogen-bond acceptors (Lipinski definition) is 2. The molecule has 3 nitrogen and oxygen atoms in total. The lowest BCUT2D eigenvalue weighted by Gasteiger charge is -2.05. The fraction of sp³-hybridized carbons (Fsp3) is 0.133. The second kappa shape index (κ2) is 7.56. The van der Waals surface area contributed by atoms with Crippen molar-refractivity contribution < 1.29 is 4.79 Å². The van der Waals surface area contributed by atoms with E-state index in [1.807, 2.05) is 18.2 Å². The quantitative estimate of drug-likeness (QED) is 0.881. The molecular formula is C15H17ClN2O. The molecule has 0 atom stereocenters. The van der Waals surface area contributed by atoms with Gasteiger partial charge in [0.1, 0.15) is 0 Å². The van der Waals surface area contributed by atoms with Crippen LogP contribution in [0.5, 0.6) is 0 Å². The number of primary amides is 1. The van der Waals surface area contributed by atoms with Crippen molar-refractivity contribution in [1.29, 1.82) is 0 Å². The predicted octanol–water partition coefficient (Wildman–Crippen LogP) is 2.35. The lowest BCUT2D eigenvalue weighted by molar-refractivity contribution is -0.117. The van der Waals surface area contributed by atoms with Crippen molar-refractivity contribution in [3.05, 3.63) is 60.2 Å². The Kier molecular flexibility index (Phi) is 6.06. The molecule has 0 unspecified atom stereocenters. The minimum atomic E-state index is -0.337. The van der Waals surface area contributed by atoms with E-state index in [0.29, 0.717) is 6.54 Å². The number of amides is 1. The zero-order valence-electron chi connectivity index (χ0n) is 10.5. The number of rotatable bonds is 5. The summed E-state index contributed by atoms with van der Waals surface area (Å²) in [5, 5.41) is 2.99. The van der Waals surface area contributed by atoms with Crippen molar-refractivity contribution in [3.8, 4) is 11.1 Å². The van der Waals surface area contributed by atoms with Gasteiger partial charge in [-0.25, -0.2) is 0 Å². The van der Waals surface area contributed by atoms with Gasteiger partial charge in [-0.1, -0.05) is 54.6 Å². The molecular weight excluding hydrogens is 260 g/mol. The van der Waals surface area contributed by atoms with Crippen LogP contribution in [0.25, 0.3) is 11.1 Å². The summed E-state index contributed by atoms with van der Waals surface area (Å²) in [6.45, 7) is 0.860. The molecule has 0 bridgehead atoms. The molecule has 4 heteroatoms. The summed E-state index contributed by atoms with van der Waals surface area (Å²) in [5.74, 6) is -0.337. The van der Waals surface area contributed by atoms with Crippen molar-refractivity contribution >= 4 is 18.3 Å². The highest BCUT2D eigenvalue weighted by molar-refractivity contribution is 5.85. The number of carbonyl (C=O) groups excluding carboxylic acids is 1. The smallest absolute Gasteiger partial charge is 0.231 e. The van der Waals surface area contributed by atoms with Gasteiger partial charge in [0.05, 0.1) is 6.54 Å². The molecule has 3 N–H and O–H groups in total. The first-order valence-electron chi connectivity index (χ1n) is 5.89. The zero-order valence-corrected chi connectivity index (χ0v) is 11.3. The average molecular weight is 277 g/mol. The first kappa shape index (κ1) is 15.2. The minimum Gasteiger partial charge on any atom is -0.369 e. The predicted molar refractivity (Wildman–Crippen MR) is 80.0 cm³/mol. The molecule has 2 rings (SSSR count). The Labute approximate surface area is 119 Å². The van der Waals surface area contributed by atoms with Gasteiger partial charge in [0.15, 0.2) is 0 Å². The molecule has 0 heterocycles. The van der Waals surface area contributed by atoms with Crippen LogP contribution in [0.15, 0.2) is 54.6 Å².